The molecule has 0 atom stereocenters. The van der Waals surface area contributed by atoms with Crippen LogP contribution in [0.3, 0.4) is 0 Å². The second kappa shape index (κ2) is 2.39. The lowest BCUT2D eigenvalue weighted by Gasteiger charge is -1.98. The molecule has 2 N–H and O–H groups in total. The molecule has 0 unspecified atom stereocenters. The maximum absolute atomic E-state index is 10.6. The van der Waals surface area contributed by atoms with Crippen LogP contribution in [0.1, 0.15) is 5.56 Å². The van der Waals surface area contributed by atoms with Gasteiger partial charge in [-0.1, -0.05) is 6.58 Å². The van der Waals surface area contributed by atoms with E-state index in [9.17, 15) is 5.21 Å². The van der Waals surface area contributed by atoms with Gasteiger partial charge in [0.2, 0.25) is 0 Å². The highest BCUT2D eigenvalue weighted by Gasteiger charge is 1.95. The second-order valence-corrected chi connectivity index (χ2v) is 1.98. The Balaban J connectivity index is 3.07. The van der Waals surface area contributed by atoms with Gasteiger partial charge in [0.15, 0.2) is 12.4 Å². The van der Waals surface area contributed by atoms with Crippen LogP contribution in [0, 0.1) is 5.21 Å². The molecule has 0 spiro atoms. The first-order chi connectivity index (χ1) is 4.70. The van der Waals surface area contributed by atoms with Gasteiger partial charge in [-0.05, 0) is 6.07 Å². The molecule has 0 aliphatic rings. The van der Waals surface area contributed by atoms with Crippen LogP contribution in [0.5, 0.6) is 0 Å². The Morgan fingerprint density at radius 1 is 1.70 bits per heavy atom. The van der Waals surface area contributed by atoms with Crippen LogP contribution in [0.2, 0.25) is 0 Å². The Labute approximate surface area is 59.0 Å². The number of pyridine rings is 1. The first-order valence-electron chi connectivity index (χ1n) is 2.84. The van der Waals surface area contributed by atoms with E-state index < -0.39 is 0 Å². The van der Waals surface area contributed by atoms with Crippen LogP contribution < -0.4 is 10.5 Å². The molecule has 0 aliphatic carbocycles. The monoisotopic (exact) mass is 136 g/mol. The van der Waals surface area contributed by atoms with Crippen molar-refractivity contribution in [3.63, 3.8) is 0 Å². The van der Waals surface area contributed by atoms with Gasteiger partial charge in [-0.15, -0.1) is 0 Å². The number of nitrogens with zero attached hydrogens (tertiary/aromatic N) is 1. The normalized spacial score (nSPS) is 9.20. The molecule has 0 saturated heterocycles. The van der Waals surface area contributed by atoms with Crippen LogP contribution in [0.25, 0.3) is 5.70 Å². The predicted molar refractivity (Wildman–Crippen MR) is 38.6 cm³/mol. The fourth-order valence-corrected chi connectivity index (χ4v) is 0.645. The number of aromatic nitrogens is 1. The summed E-state index contributed by atoms with van der Waals surface area (Å²) in [7, 11) is 0. The number of rotatable bonds is 1. The molecule has 52 valence electrons. The minimum atomic E-state index is 0.408. The van der Waals surface area contributed by atoms with Gasteiger partial charge >= 0.3 is 0 Å². The average molecular weight is 136 g/mol. The molecule has 0 aliphatic heterocycles. The molecule has 3 heteroatoms. The standard InChI is InChI=1S/C7H8N2O/c1-6(8)7-3-2-4-9(10)5-7/h2-5H,1,8H2. The second-order valence-electron chi connectivity index (χ2n) is 1.98. The quantitative estimate of drug-likeness (QED) is 0.444. The fraction of sp³-hybridized carbons (Fsp3) is 0. The molecule has 10 heavy (non-hydrogen) atoms. The zero-order chi connectivity index (χ0) is 7.56. The number of nitrogens with two attached hydrogens (primary N) is 1. The van der Waals surface area contributed by atoms with Crippen LogP contribution >= 0.6 is 0 Å². The lowest BCUT2D eigenvalue weighted by Crippen LogP contribution is -2.24. The Hall–Kier alpha value is -1.51. The Morgan fingerprint density at radius 3 is 2.80 bits per heavy atom. The lowest BCUT2D eigenvalue weighted by molar-refractivity contribution is -0.605. The summed E-state index contributed by atoms with van der Waals surface area (Å²) in [5.74, 6) is 0. The Morgan fingerprint density at radius 2 is 2.40 bits per heavy atom. The first kappa shape index (κ1) is 6.61. The summed E-state index contributed by atoms with van der Waals surface area (Å²) in [6.45, 7) is 3.49. The highest BCUT2D eigenvalue weighted by molar-refractivity contribution is 5.58. The molecule has 1 rings (SSSR count). The number of hydrogen-bond donors (Lipinski definition) is 1. The third kappa shape index (κ3) is 1.25. The van der Waals surface area contributed by atoms with Crippen LogP contribution in [0.4, 0.5) is 0 Å². The molecule has 0 bridgehead atoms. The maximum Gasteiger partial charge on any atom is 0.189 e. The van der Waals surface area contributed by atoms with E-state index in [-0.39, 0.29) is 0 Å². The molecular weight excluding hydrogens is 128 g/mol. The van der Waals surface area contributed by atoms with E-state index in [0.29, 0.717) is 16.0 Å². The molecule has 0 saturated carbocycles. The maximum atomic E-state index is 10.6. The topological polar surface area (TPSA) is 53.0 Å². The van der Waals surface area contributed by atoms with Crippen molar-refractivity contribution < 1.29 is 4.73 Å². The molecule has 0 fully saturated rings. The lowest BCUT2D eigenvalue weighted by atomic mass is 10.2. The molecule has 3 nitrogen and oxygen atoms in total. The summed E-state index contributed by atoms with van der Waals surface area (Å²) >= 11 is 0. The van der Waals surface area contributed by atoms with E-state index in [4.69, 9.17) is 5.73 Å². The van der Waals surface area contributed by atoms with Crippen molar-refractivity contribution in [2.24, 2.45) is 5.73 Å². The van der Waals surface area contributed by atoms with Gasteiger partial charge in [0.05, 0.1) is 5.56 Å². The average Bonchev–Trinajstić information content (AvgIpc) is 1.88. The SMILES string of the molecule is C=C(N)c1ccc[n+]([O-])c1. The Kier molecular flexibility index (Phi) is 1.58. The molecule has 1 aromatic heterocycles. The van der Waals surface area contributed by atoms with Crippen molar-refractivity contribution in [2.75, 3.05) is 0 Å². The van der Waals surface area contributed by atoms with Gasteiger partial charge in [0, 0.05) is 11.8 Å². The smallest absolute Gasteiger partial charge is 0.189 e. The number of hydrogen-bond acceptors (Lipinski definition) is 2. The summed E-state index contributed by atoms with van der Waals surface area (Å²) in [6.07, 6.45) is 2.77. The molecule has 1 aromatic rings. The Bertz CT molecular complexity index is 258. The van der Waals surface area contributed by atoms with Crippen molar-refractivity contribution in [1.82, 2.24) is 0 Å². The van der Waals surface area contributed by atoms with Crippen molar-refractivity contribution in [2.45, 2.75) is 0 Å². The van der Waals surface area contributed by atoms with E-state index >= 15 is 0 Å². The van der Waals surface area contributed by atoms with E-state index in [1.807, 2.05) is 0 Å². The van der Waals surface area contributed by atoms with E-state index in [0.717, 1.165) is 0 Å². The van der Waals surface area contributed by atoms with E-state index in [2.05, 4.69) is 6.58 Å². The highest BCUT2D eigenvalue weighted by atomic mass is 16.5. The highest BCUT2D eigenvalue weighted by Crippen LogP contribution is 2.00. The molecular formula is C7H8N2O. The van der Waals surface area contributed by atoms with Gasteiger partial charge in [0.25, 0.3) is 0 Å². The van der Waals surface area contributed by atoms with Gasteiger partial charge in [0.1, 0.15) is 0 Å². The summed E-state index contributed by atoms with van der Waals surface area (Å²) in [5, 5.41) is 10.6. The summed E-state index contributed by atoms with van der Waals surface area (Å²) in [4.78, 5) is 0. The zero-order valence-electron chi connectivity index (χ0n) is 5.45. The summed E-state index contributed by atoms with van der Waals surface area (Å²) in [6, 6.07) is 3.36. The van der Waals surface area contributed by atoms with Gasteiger partial charge in [-0.25, -0.2) is 0 Å². The predicted octanol–water partition coefficient (Wildman–Crippen LogP) is 0.249. The summed E-state index contributed by atoms with van der Waals surface area (Å²) < 4.78 is 0.688. The third-order valence-corrected chi connectivity index (χ3v) is 1.15. The van der Waals surface area contributed by atoms with Crippen molar-refractivity contribution in [3.05, 3.63) is 41.9 Å². The van der Waals surface area contributed by atoms with E-state index in [1.165, 1.54) is 12.4 Å². The van der Waals surface area contributed by atoms with Crippen molar-refractivity contribution in [3.8, 4) is 0 Å². The third-order valence-electron chi connectivity index (χ3n) is 1.15. The van der Waals surface area contributed by atoms with Crippen LogP contribution in [-0.2, 0) is 0 Å². The molecule has 0 amide bonds. The zero-order valence-corrected chi connectivity index (χ0v) is 5.45. The van der Waals surface area contributed by atoms with E-state index in [1.54, 1.807) is 12.1 Å². The molecule has 0 radical (unpaired) electrons. The summed E-state index contributed by atoms with van der Waals surface area (Å²) in [5.41, 5.74) is 6.41. The van der Waals surface area contributed by atoms with Crippen LogP contribution in [-0.4, -0.2) is 0 Å². The largest absolute Gasteiger partial charge is 0.619 e. The van der Waals surface area contributed by atoms with Gasteiger partial charge in [-0.2, -0.15) is 4.73 Å². The minimum Gasteiger partial charge on any atom is -0.619 e. The van der Waals surface area contributed by atoms with Gasteiger partial charge in [-0.3, -0.25) is 0 Å². The van der Waals surface area contributed by atoms with Crippen molar-refractivity contribution >= 4 is 5.70 Å². The van der Waals surface area contributed by atoms with Crippen LogP contribution in [0.15, 0.2) is 31.1 Å². The minimum absolute atomic E-state index is 0.408. The molecule has 1 heterocycles. The van der Waals surface area contributed by atoms with Crippen molar-refractivity contribution in [1.29, 1.82) is 0 Å². The fourth-order valence-electron chi connectivity index (χ4n) is 0.645. The first-order valence-corrected chi connectivity index (χ1v) is 2.84. The molecule has 0 aromatic carbocycles. The van der Waals surface area contributed by atoms with Gasteiger partial charge < -0.3 is 10.9 Å².